The van der Waals surface area contributed by atoms with E-state index in [1.54, 1.807) is 0 Å². The molecule has 0 saturated carbocycles. The Morgan fingerprint density at radius 3 is 2.07 bits per heavy atom. The van der Waals surface area contributed by atoms with Crippen molar-refractivity contribution < 1.29 is 0 Å². The first kappa shape index (κ1) is 13.5. The summed E-state index contributed by atoms with van der Waals surface area (Å²) in [6.07, 6.45) is 19.6. The highest BCUT2D eigenvalue weighted by atomic mass is 13.9. The minimum atomic E-state index is 1.14. The van der Waals surface area contributed by atoms with Gasteiger partial charge in [-0.3, -0.25) is 0 Å². The molecule has 0 heterocycles. The minimum absolute atomic E-state index is 1.14. The topological polar surface area (TPSA) is 0 Å². The molecule has 0 atom stereocenters. The molecular formula is C14H26. The van der Waals surface area contributed by atoms with Gasteiger partial charge in [-0.1, -0.05) is 70.3 Å². The largest absolute Gasteiger partial charge is 0.0848 e. The lowest BCUT2D eigenvalue weighted by atomic mass is 10.1. The van der Waals surface area contributed by atoms with Crippen molar-refractivity contribution >= 4 is 0 Å². The Hall–Kier alpha value is -0.520. The Balaban J connectivity index is 3.05. The molecule has 0 aliphatic heterocycles. The first-order valence-electron chi connectivity index (χ1n) is 6.23. The van der Waals surface area contributed by atoms with Crippen LogP contribution in [0.3, 0.4) is 0 Å². The molecule has 0 aliphatic carbocycles. The third-order valence-corrected chi connectivity index (χ3v) is 2.34. The Kier molecular flexibility index (Phi) is 12.0. The Bertz CT molecular complexity index is 142. The fourth-order valence-corrected chi connectivity index (χ4v) is 1.43. The van der Waals surface area contributed by atoms with E-state index < -0.39 is 0 Å². The Morgan fingerprint density at radius 2 is 1.36 bits per heavy atom. The van der Waals surface area contributed by atoms with Crippen molar-refractivity contribution in [2.75, 3.05) is 0 Å². The molecule has 14 heavy (non-hydrogen) atoms. The predicted octanol–water partition coefficient (Wildman–Crippen LogP) is 5.26. The van der Waals surface area contributed by atoms with Gasteiger partial charge in [-0.05, 0) is 19.3 Å². The van der Waals surface area contributed by atoms with E-state index in [1.165, 1.54) is 44.9 Å². The lowest BCUT2D eigenvalue weighted by Gasteiger charge is -1.97. The number of hydrogen-bond acceptors (Lipinski definition) is 0. The standard InChI is InChI=1S/C14H26/c1-3-5-7-9-11-13-14-12-10-8-6-4-2/h5,7,9,11H,3-4,6,8,10,12-14H2,1-2H3/b7-5+,11-9-. The molecule has 0 amide bonds. The van der Waals surface area contributed by atoms with Gasteiger partial charge in [0.2, 0.25) is 0 Å². The first-order chi connectivity index (χ1) is 6.91. The normalized spacial score (nSPS) is 11.9. The fraction of sp³-hybridized carbons (Fsp3) is 0.714. The first-order valence-corrected chi connectivity index (χ1v) is 6.23. The van der Waals surface area contributed by atoms with Gasteiger partial charge in [0.05, 0.1) is 0 Å². The molecule has 0 aromatic heterocycles. The van der Waals surface area contributed by atoms with Crippen LogP contribution in [0.5, 0.6) is 0 Å². The Morgan fingerprint density at radius 1 is 0.714 bits per heavy atom. The van der Waals surface area contributed by atoms with E-state index >= 15 is 0 Å². The van der Waals surface area contributed by atoms with Crippen LogP contribution in [-0.2, 0) is 0 Å². The van der Waals surface area contributed by atoms with Gasteiger partial charge >= 0.3 is 0 Å². The number of hydrogen-bond donors (Lipinski definition) is 0. The van der Waals surface area contributed by atoms with Crippen LogP contribution >= 0.6 is 0 Å². The monoisotopic (exact) mass is 194 g/mol. The van der Waals surface area contributed by atoms with Crippen molar-refractivity contribution in [3.05, 3.63) is 24.3 Å². The van der Waals surface area contributed by atoms with Crippen LogP contribution in [0.4, 0.5) is 0 Å². The van der Waals surface area contributed by atoms with Gasteiger partial charge in [-0.15, -0.1) is 0 Å². The second kappa shape index (κ2) is 12.5. The van der Waals surface area contributed by atoms with Crippen molar-refractivity contribution in [1.29, 1.82) is 0 Å². The van der Waals surface area contributed by atoms with Crippen LogP contribution in [0.1, 0.15) is 65.2 Å². The van der Waals surface area contributed by atoms with Crippen LogP contribution in [0, 0.1) is 0 Å². The summed E-state index contributed by atoms with van der Waals surface area (Å²) in [5.41, 5.74) is 0. The Labute approximate surface area is 90.1 Å². The summed E-state index contributed by atoms with van der Waals surface area (Å²) in [7, 11) is 0. The van der Waals surface area contributed by atoms with Gasteiger partial charge in [-0.2, -0.15) is 0 Å². The zero-order valence-corrected chi connectivity index (χ0v) is 9.97. The van der Waals surface area contributed by atoms with Crippen molar-refractivity contribution in [2.24, 2.45) is 0 Å². The van der Waals surface area contributed by atoms with E-state index in [-0.39, 0.29) is 0 Å². The fourth-order valence-electron chi connectivity index (χ4n) is 1.43. The molecule has 0 radical (unpaired) electrons. The van der Waals surface area contributed by atoms with Crippen molar-refractivity contribution in [2.45, 2.75) is 65.2 Å². The van der Waals surface area contributed by atoms with Gasteiger partial charge in [0.25, 0.3) is 0 Å². The van der Waals surface area contributed by atoms with Crippen molar-refractivity contribution in [3.63, 3.8) is 0 Å². The summed E-state index contributed by atoms with van der Waals surface area (Å²) in [5, 5.41) is 0. The van der Waals surface area contributed by atoms with Crippen LogP contribution in [-0.4, -0.2) is 0 Å². The maximum atomic E-state index is 2.28. The van der Waals surface area contributed by atoms with E-state index in [0.29, 0.717) is 0 Å². The van der Waals surface area contributed by atoms with E-state index in [1.807, 2.05) is 0 Å². The SMILES string of the molecule is CC/C=C/C=C\CCCCCCCC. The van der Waals surface area contributed by atoms with Gasteiger partial charge in [0, 0.05) is 0 Å². The molecule has 0 aromatic carbocycles. The molecule has 0 fully saturated rings. The average Bonchev–Trinajstić information content (AvgIpc) is 2.21. The molecule has 0 saturated heterocycles. The third kappa shape index (κ3) is 11.5. The van der Waals surface area contributed by atoms with Gasteiger partial charge in [0.15, 0.2) is 0 Å². The molecule has 0 spiro atoms. The van der Waals surface area contributed by atoms with Crippen LogP contribution < -0.4 is 0 Å². The summed E-state index contributed by atoms with van der Waals surface area (Å²) in [5.74, 6) is 0. The molecule has 0 aliphatic rings. The molecule has 0 aromatic rings. The van der Waals surface area contributed by atoms with E-state index in [9.17, 15) is 0 Å². The number of allylic oxidation sites excluding steroid dienone is 4. The molecular weight excluding hydrogens is 168 g/mol. The van der Waals surface area contributed by atoms with E-state index in [0.717, 1.165) is 6.42 Å². The molecule has 0 rings (SSSR count). The van der Waals surface area contributed by atoms with E-state index in [4.69, 9.17) is 0 Å². The summed E-state index contributed by atoms with van der Waals surface area (Å²) in [4.78, 5) is 0. The second-order valence-corrected chi connectivity index (χ2v) is 3.82. The summed E-state index contributed by atoms with van der Waals surface area (Å²) in [6, 6.07) is 0. The molecule has 0 bridgehead atoms. The summed E-state index contributed by atoms with van der Waals surface area (Å²) in [6.45, 7) is 4.43. The molecule has 0 heteroatoms. The highest BCUT2D eigenvalue weighted by Gasteiger charge is 1.87. The average molecular weight is 194 g/mol. The van der Waals surface area contributed by atoms with Crippen LogP contribution in [0.25, 0.3) is 0 Å². The number of unbranched alkanes of at least 4 members (excludes halogenated alkanes) is 6. The minimum Gasteiger partial charge on any atom is -0.0848 e. The maximum Gasteiger partial charge on any atom is -0.0348 e. The van der Waals surface area contributed by atoms with Crippen molar-refractivity contribution in [3.8, 4) is 0 Å². The lowest BCUT2D eigenvalue weighted by Crippen LogP contribution is -1.77. The lowest BCUT2D eigenvalue weighted by molar-refractivity contribution is 0.611. The predicted molar refractivity (Wildman–Crippen MR) is 66.6 cm³/mol. The third-order valence-electron chi connectivity index (χ3n) is 2.34. The zero-order chi connectivity index (χ0) is 10.5. The molecule has 0 nitrogen and oxygen atoms in total. The molecule has 0 N–H and O–H groups in total. The van der Waals surface area contributed by atoms with Crippen molar-refractivity contribution in [1.82, 2.24) is 0 Å². The van der Waals surface area contributed by atoms with Gasteiger partial charge < -0.3 is 0 Å². The second-order valence-electron chi connectivity index (χ2n) is 3.82. The summed E-state index contributed by atoms with van der Waals surface area (Å²) >= 11 is 0. The maximum absolute atomic E-state index is 2.28. The number of rotatable bonds is 9. The van der Waals surface area contributed by atoms with E-state index in [2.05, 4.69) is 38.2 Å². The van der Waals surface area contributed by atoms with Crippen LogP contribution in [0.2, 0.25) is 0 Å². The highest BCUT2D eigenvalue weighted by Crippen LogP contribution is 2.07. The summed E-state index contributed by atoms with van der Waals surface area (Å²) < 4.78 is 0. The quantitative estimate of drug-likeness (QED) is 0.347. The zero-order valence-electron chi connectivity index (χ0n) is 9.97. The van der Waals surface area contributed by atoms with Crippen LogP contribution in [0.15, 0.2) is 24.3 Å². The smallest absolute Gasteiger partial charge is 0.0348 e. The van der Waals surface area contributed by atoms with Gasteiger partial charge in [-0.25, -0.2) is 0 Å². The molecule has 0 unspecified atom stereocenters. The highest BCUT2D eigenvalue weighted by molar-refractivity contribution is 5.01. The molecule has 82 valence electrons. The van der Waals surface area contributed by atoms with Gasteiger partial charge in [0.1, 0.15) is 0 Å².